The molecule has 3 heteroatoms. The van der Waals surface area contributed by atoms with Crippen LogP contribution in [0.25, 0.3) is 0 Å². The highest BCUT2D eigenvalue weighted by atomic mass is 16.5. The topological polar surface area (TPSA) is 25.4 Å². The fourth-order valence-electron chi connectivity index (χ4n) is 1.81. The molecule has 1 aliphatic heterocycles. The molecule has 1 aliphatic rings. The van der Waals surface area contributed by atoms with E-state index in [9.17, 15) is 0 Å². The first-order chi connectivity index (χ1) is 7.31. The molecule has 0 saturated carbocycles. The van der Waals surface area contributed by atoms with E-state index < -0.39 is 0 Å². The van der Waals surface area contributed by atoms with Crippen LogP contribution in [0.5, 0.6) is 5.75 Å². The zero-order valence-corrected chi connectivity index (χ0v) is 9.07. The van der Waals surface area contributed by atoms with E-state index in [4.69, 9.17) is 4.74 Å². The first kappa shape index (κ1) is 10.0. The molecular weight excluding hydrogens is 188 g/mol. The Kier molecular flexibility index (Phi) is 2.90. The van der Waals surface area contributed by atoms with Crippen molar-refractivity contribution in [3.05, 3.63) is 30.5 Å². The molecule has 0 spiro atoms. The lowest BCUT2D eigenvalue weighted by atomic mass is 10.1. The molecule has 1 aromatic heterocycles. The van der Waals surface area contributed by atoms with Gasteiger partial charge in [-0.25, -0.2) is 4.98 Å². The molecule has 0 N–H and O–H groups in total. The average molecular weight is 204 g/mol. The summed E-state index contributed by atoms with van der Waals surface area (Å²) >= 11 is 0. The number of anilines is 1. The minimum Gasteiger partial charge on any atom is -0.493 e. The van der Waals surface area contributed by atoms with Crippen molar-refractivity contribution in [1.29, 1.82) is 0 Å². The first-order valence-corrected chi connectivity index (χ1v) is 5.22. The van der Waals surface area contributed by atoms with E-state index in [0.717, 1.165) is 37.5 Å². The van der Waals surface area contributed by atoms with Gasteiger partial charge in [0.1, 0.15) is 0 Å². The van der Waals surface area contributed by atoms with Gasteiger partial charge in [-0.15, -0.1) is 0 Å². The van der Waals surface area contributed by atoms with E-state index in [-0.39, 0.29) is 0 Å². The van der Waals surface area contributed by atoms with Crippen LogP contribution in [-0.4, -0.2) is 25.2 Å². The molecule has 0 unspecified atom stereocenters. The highest BCUT2D eigenvalue weighted by molar-refractivity contribution is 5.52. The summed E-state index contributed by atoms with van der Waals surface area (Å²) in [5.74, 6) is 1.80. The van der Waals surface area contributed by atoms with Gasteiger partial charge in [0, 0.05) is 19.3 Å². The minimum absolute atomic E-state index is 0.852. The van der Waals surface area contributed by atoms with Crippen molar-refractivity contribution in [2.24, 2.45) is 0 Å². The third kappa shape index (κ3) is 2.12. The Bertz CT molecular complexity index is 352. The number of nitrogens with zero attached hydrogens (tertiary/aromatic N) is 2. The molecule has 3 nitrogen and oxygen atoms in total. The van der Waals surface area contributed by atoms with E-state index in [1.165, 1.54) is 5.57 Å². The fraction of sp³-hybridized carbons (Fsp3) is 0.417. The van der Waals surface area contributed by atoms with Gasteiger partial charge in [-0.2, -0.15) is 0 Å². The maximum Gasteiger partial charge on any atom is 0.171 e. The number of ether oxygens (including phenoxy) is 1. The maximum atomic E-state index is 5.30. The largest absolute Gasteiger partial charge is 0.493 e. The molecule has 0 radical (unpaired) electrons. The van der Waals surface area contributed by atoms with E-state index in [0.29, 0.717) is 0 Å². The molecule has 0 aromatic carbocycles. The van der Waals surface area contributed by atoms with E-state index >= 15 is 0 Å². The number of piperidine rings is 1. The van der Waals surface area contributed by atoms with Crippen molar-refractivity contribution in [3.8, 4) is 5.75 Å². The standard InChI is InChI=1S/C12H16N2O/c1-10-5-8-14(9-6-10)12-11(15-2)4-3-7-13-12/h3-4,7H,1,5-6,8-9H2,2H3. The van der Waals surface area contributed by atoms with Gasteiger partial charge in [0.15, 0.2) is 11.6 Å². The summed E-state index contributed by atoms with van der Waals surface area (Å²) in [5.41, 5.74) is 1.33. The highest BCUT2D eigenvalue weighted by Gasteiger charge is 2.17. The van der Waals surface area contributed by atoms with Gasteiger partial charge in [-0.05, 0) is 25.0 Å². The first-order valence-electron chi connectivity index (χ1n) is 5.22. The van der Waals surface area contributed by atoms with Crippen LogP contribution in [0.3, 0.4) is 0 Å². The lowest BCUT2D eigenvalue weighted by Crippen LogP contribution is -2.31. The Labute approximate surface area is 90.4 Å². The molecular formula is C12H16N2O. The summed E-state index contributed by atoms with van der Waals surface area (Å²) in [7, 11) is 1.68. The normalized spacial score (nSPS) is 16.6. The van der Waals surface area contributed by atoms with E-state index in [2.05, 4.69) is 16.5 Å². The summed E-state index contributed by atoms with van der Waals surface area (Å²) in [6.45, 7) is 5.99. The third-order valence-corrected chi connectivity index (χ3v) is 2.74. The average Bonchev–Trinajstić information content (AvgIpc) is 2.30. The number of methoxy groups -OCH3 is 1. The Morgan fingerprint density at radius 1 is 1.40 bits per heavy atom. The highest BCUT2D eigenvalue weighted by Crippen LogP contribution is 2.28. The smallest absolute Gasteiger partial charge is 0.171 e. The molecule has 1 fully saturated rings. The molecule has 2 rings (SSSR count). The van der Waals surface area contributed by atoms with Crippen LogP contribution >= 0.6 is 0 Å². The SMILES string of the molecule is C=C1CCN(c2ncccc2OC)CC1. The molecule has 0 atom stereocenters. The molecule has 0 aliphatic carbocycles. The third-order valence-electron chi connectivity index (χ3n) is 2.74. The quantitative estimate of drug-likeness (QED) is 0.691. The number of rotatable bonds is 2. The molecule has 1 aromatic rings. The van der Waals surface area contributed by atoms with Gasteiger partial charge in [0.05, 0.1) is 7.11 Å². The zero-order chi connectivity index (χ0) is 10.7. The Balaban J connectivity index is 2.18. The van der Waals surface area contributed by atoms with Crippen LogP contribution in [0.15, 0.2) is 30.5 Å². The summed E-state index contributed by atoms with van der Waals surface area (Å²) in [5, 5.41) is 0. The second-order valence-electron chi connectivity index (χ2n) is 3.77. The van der Waals surface area contributed by atoms with Gasteiger partial charge in [-0.1, -0.05) is 12.2 Å². The van der Waals surface area contributed by atoms with Crippen LogP contribution in [-0.2, 0) is 0 Å². The Morgan fingerprint density at radius 2 is 2.13 bits per heavy atom. The second kappa shape index (κ2) is 4.34. The predicted molar refractivity (Wildman–Crippen MR) is 61.4 cm³/mol. The van der Waals surface area contributed by atoms with E-state index in [1.54, 1.807) is 13.3 Å². The van der Waals surface area contributed by atoms with Crippen molar-refractivity contribution >= 4 is 5.82 Å². The lowest BCUT2D eigenvalue weighted by molar-refractivity contribution is 0.411. The van der Waals surface area contributed by atoms with Crippen molar-refractivity contribution < 1.29 is 4.74 Å². The van der Waals surface area contributed by atoms with Gasteiger partial charge >= 0.3 is 0 Å². The van der Waals surface area contributed by atoms with E-state index in [1.807, 2.05) is 12.1 Å². The van der Waals surface area contributed by atoms with Gasteiger partial charge in [0.2, 0.25) is 0 Å². The van der Waals surface area contributed by atoms with Crippen molar-refractivity contribution in [3.63, 3.8) is 0 Å². The van der Waals surface area contributed by atoms with Crippen LogP contribution in [0, 0.1) is 0 Å². The van der Waals surface area contributed by atoms with Crippen molar-refractivity contribution in [2.45, 2.75) is 12.8 Å². The molecule has 0 bridgehead atoms. The number of hydrogen-bond donors (Lipinski definition) is 0. The summed E-state index contributed by atoms with van der Waals surface area (Å²) in [4.78, 5) is 6.63. The second-order valence-corrected chi connectivity index (χ2v) is 3.77. The van der Waals surface area contributed by atoms with Crippen LogP contribution in [0.4, 0.5) is 5.82 Å². The minimum atomic E-state index is 0.852. The predicted octanol–water partition coefficient (Wildman–Crippen LogP) is 2.25. The molecule has 15 heavy (non-hydrogen) atoms. The van der Waals surface area contributed by atoms with Crippen molar-refractivity contribution in [2.75, 3.05) is 25.1 Å². The van der Waals surface area contributed by atoms with Crippen molar-refractivity contribution in [1.82, 2.24) is 4.98 Å². The van der Waals surface area contributed by atoms with Crippen LogP contribution in [0.2, 0.25) is 0 Å². The molecule has 80 valence electrons. The summed E-state index contributed by atoms with van der Waals surface area (Å²) in [6.07, 6.45) is 3.92. The fourth-order valence-corrected chi connectivity index (χ4v) is 1.81. The summed E-state index contributed by atoms with van der Waals surface area (Å²) < 4.78 is 5.30. The van der Waals surface area contributed by atoms with Crippen LogP contribution < -0.4 is 9.64 Å². The number of aromatic nitrogens is 1. The van der Waals surface area contributed by atoms with Gasteiger partial charge in [0.25, 0.3) is 0 Å². The monoisotopic (exact) mass is 204 g/mol. The zero-order valence-electron chi connectivity index (χ0n) is 9.07. The molecule has 0 amide bonds. The Morgan fingerprint density at radius 3 is 2.80 bits per heavy atom. The molecule has 1 saturated heterocycles. The van der Waals surface area contributed by atoms with Gasteiger partial charge in [-0.3, -0.25) is 0 Å². The maximum absolute atomic E-state index is 5.30. The number of pyridine rings is 1. The number of hydrogen-bond acceptors (Lipinski definition) is 3. The molecule has 2 heterocycles. The van der Waals surface area contributed by atoms with Crippen LogP contribution in [0.1, 0.15) is 12.8 Å². The lowest BCUT2D eigenvalue weighted by Gasteiger charge is -2.29. The van der Waals surface area contributed by atoms with Gasteiger partial charge < -0.3 is 9.64 Å². The Hall–Kier alpha value is -1.51. The summed E-state index contributed by atoms with van der Waals surface area (Å²) in [6, 6.07) is 3.84.